The SMILES string of the molecule is CCCCC1=CCC=C1[SiH](C)C. The highest BCUT2D eigenvalue weighted by Crippen LogP contribution is 2.25. The van der Waals surface area contributed by atoms with Crippen molar-refractivity contribution in [1.29, 1.82) is 0 Å². The van der Waals surface area contributed by atoms with Gasteiger partial charge in [0, 0.05) is 0 Å². The summed E-state index contributed by atoms with van der Waals surface area (Å²) in [7, 11) is -0.531. The molecule has 0 saturated heterocycles. The van der Waals surface area contributed by atoms with Gasteiger partial charge in [-0.3, -0.25) is 0 Å². The molecule has 0 aromatic rings. The Balaban J connectivity index is 2.49. The molecule has 0 aromatic heterocycles. The van der Waals surface area contributed by atoms with Crippen LogP contribution in [-0.4, -0.2) is 8.80 Å². The highest BCUT2D eigenvalue weighted by atomic mass is 28.3. The summed E-state index contributed by atoms with van der Waals surface area (Å²) in [6, 6.07) is 0. The van der Waals surface area contributed by atoms with Crippen LogP contribution in [0, 0.1) is 0 Å². The zero-order valence-corrected chi connectivity index (χ0v) is 9.72. The first-order chi connectivity index (χ1) is 5.75. The Bertz CT molecular complexity index is 199. The van der Waals surface area contributed by atoms with E-state index in [0.29, 0.717) is 0 Å². The van der Waals surface area contributed by atoms with Gasteiger partial charge in [-0.25, -0.2) is 0 Å². The van der Waals surface area contributed by atoms with Crippen molar-refractivity contribution < 1.29 is 0 Å². The van der Waals surface area contributed by atoms with Gasteiger partial charge in [0.05, 0.1) is 8.80 Å². The molecule has 68 valence electrons. The molecule has 0 heterocycles. The maximum atomic E-state index is 2.45. The summed E-state index contributed by atoms with van der Waals surface area (Å²) >= 11 is 0. The van der Waals surface area contributed by atoms with E-state index in [1.165, 1.54) is 25.7 Å². The van der Waals surface area contributed by atoms with Crippen LogP contribution < -0.4 is 0 Å². The quantitative estimate of drug-likeness (QED) is 0.581. The number of unbranched alkanes of at least 4 members (excludes halogenated alkanes) is 1. The van der Waals surface area contributed by atoms with Crippen LogP contribution in [0.5, 0.6) is 0 Å². The Kier molecular flexibility index (Phi) is 3.80. The summed E-state index contributed by atoms with van der Waals surface area (Å²) in [6.07, 6.45) is 10.1. The summed E-state index contributed by atoms with van der Waals surface area (Å²) in [5.74, 6) is 0. The zero-order chi connectivity index (χ0) is 8.97. The fourth-order valence-electron chi connectivity index (χ4n) is 1.80. The molecule has 1 aliphatic carbocycles. The maximum absolute atomic E-state index is 2.45. The summed E-state index contributed by atoms with van der Waals surface area (Å²) in [5, 5.41) is 1.74. The smallest absolute Gasteiger partial charge is 0.0646 e. The first kappa shape index (κ1) is 9.78. The lowest BCUT2D eigenvalue weighted by Crippen LogP contribution is -2.06. The predicted octanol–water partition coefficient (Wildman–Crippen LogP) is 3.46. The second kappa shape index (κ2) is 4.66. The highest BCUT2D eigenvalue weighted by molar-refractivity contribution is 6.65. The molecule has 0 bridgehead atoms. The van der Waals surface area contributed by atoms with Gasteiger partial charge in [-0.2, -0.15) is 0 Å². The van der Waals surface area contributed by atoms with E-state index >= 15 is 0 Å². The second-order valence-corrected chi connectivity index (χ2v) is 6.81. The Hall–Kier alpha value is -0.303. The molecule has 0 aromatic carbocycles. The van der Waals surface area contributed by atoms with E-state index in [-0.39, 0.29) is 0 Å². The topological polar surface area (TPSA) is 0 Å². The number of hydrogen-bond donors (Lipinski definition) is 0. The van der Waals surface area contributed by atoms with Crippen LogP contribution in [0.25, 0.3) is 0 Å². The van der Waals surface area contributed by atoms with Gasteiger partial charge in [0.2, 0.25) is 0 Å². The lowest BCUT2D eigenvalue weighted by Gasteiger charge is -2.10. The van der Waals surface area contributed by atoms with E-state index in [4.69, 9.17) is 0 Å². The molecule has 0 N–H and O–H groups in total. The molecule has 1 heteroatoms. The molecule has 0 saturated carbocycles. The summed E-state index contributed by atoms with van der Waals surface area (Å²) in [5.41, 5.74) is 1.68. The van der Waals surface area contributed by atoms with E-state index in [9.17, 15) is 0 Å². The third kappa shape index (κ3) is 2.34. The van der Waals surface area contributed by atoms with Gasteiger partial charge in [0.15, 0.2) is 0 Å². The van der Waals surface area contributed by atoms with Crippen molar-refractivity contribution >= 4 is 8.80 Å². The largest absolute Gasteiger partial charge is 0.0816 e. The molecular weight excluding hydrogens is 160 g/mol. The van der Waals surface area contributed by atoms with Crippen LogP contribution in [0.1, 0.15) is 32.6 Å². The van der Waals surface area contributed by atoms with Crippen molar-refractivity contribution in [2.45, 2.75) is 45.7 Å². The van der Waals surface area contributed by atoms with Crippen molar-refractivity contribution in [3.8, 4) is 0 Å². The summed E-state index contributed by atoms with van der Waals surface area (Å²) in [4.78, 5) is 0. The van der Waals surface area contributed by atoms with Gasteiger partial charge < -0.3 is 0 Å². The normalized spacial score (nSPS) is 16.7. The lowest BCUT2D eigenvalue weighted by molar-refractivity contribution is 0.796. The van der Waals surface area contributed by atoms with E-state index < -0.39 is 8.80 Å². The Labute approximate surface area is 78.0 Å². The molecule has 0 spiro atoms. The Morgan fingerprint density at radius 2 is 2.08 bits per heavy atom. The molecule has 0 aliphatic heterocycles. The third-order valence-electron chi connectivity index (χ3n) is 2.49. The minimum absolute atomic E-state index is 0.531. The third-order valence-corrected chi connectivity index (χ3v) is 4.34. The molecule has 1 rings (SSSR count). The maximum Gasteiger partial charge on any atom is 0.0646 e. The highest BCUT2D eigenvalue weighted by Gasteiger charge is 2.12. The molecule has 1 aliphatic rings. The molecule has 0 fully saturated rings. The van der Waals surface area contributed by atoms with Crippen molar-refractivity contribution in [1.82, 2.24) is 0 Å². The Morgan fingerprint density at radius 3 is 2.67 bits per heavy atom. The fourth-order valence-corrected chi connectivity index (χ4v) is 3.41. The summed E-state index contributed by atoms with van der Waals surface area (Å²) in [6.45, 7) is 7.12. The van der Waals surface area contributed by atoms with E-state index in [1.807, 2.05) is 0 Å². The van der Waals surface area contributed by atoms with Crippen molar-refractivity contribution in [2.75, 3.05) is 0 Å². The van der Waals surface area contributed by atoms with Crippen molar-refractivity contribution in [3.63, 3.8) is 0 Å². The second-order valence-electron chi connectivity index (χ2n) is 3.88. The molecule has 0 nitrogen and oxygen atoms in total. The zero-order valence-electron chi connectivity index (χ0n) is 8.56. The van der Waals surface area contributed by atoms with E-state index in [1.54, 1.807) is 10.8 Å². The first-order valence-corrected chi connectivity index (χ1v) is 8.03. The van der Waals surface area contributed by atoms with Gasteiger partial charge in [0.25, 0.3) is 0 Å². The number of allylic oxidation sites excluding steroid dienone is 4. The lowest BCUT2D eigenvalue weighted by atomic mass is 10.1. The van der Waals surface area contributed by atoms with Crippen LogP contribution in [0.2, 0.25) is 13.1 Å². The van der Waals surface area contributed by atoms with Crippen LogP contribution >= 0.6 is 0 Å². The number of rotatable bonds is 4. The van der Waals surface area contributed by atoms with Gasteiger partial charge in [-0.15, -0.1) is 0 Å². The average Bonchev–Trinajstić information content (AvgIpc) is 2.48. The molecule has 0 unspecified atom stereocenters. The van der Waals surface area contributed by atoms with Crippen LogP contribution in [-0.2, 0) is 0 Å². The minimum Gasteiger partial charge on any atom is -0.0816 e. The minimum atomic E-state index is -0.531. The van der Waals surface area contributed by atoms with E-state index in [2.05, 4.69) is 32.2 Å². The molecule has 0 amide bonds. The van der Waals surface area contributed by atoms with Gasteiger partial charge in [-0.05, 0) is 19.3 Å². The Morgan fingerprint density at radius 1 is 1.33 bits per heavy atom. The van der Waals surface area contributed by atoms with Gasteiger partial charge in [0.1, 0.15) is 0 Å². The van der Waals surface area contributed by atoms with Crippen LogP contribution in [0.15, 0.2) is 22.9 Å². The number of hydrogen-bond acceptors (Lipinski definition) is 0. The van der Waals surface area contributed by atoms with Crippen LogP contribution in [0.4, 0.5) is 0 Å². The molecule has 0 radical (unpaired) electrons. The monoisotopic (exact) mass is 180 g/mol. The average molecular weight is 180 g/mol. The first-order valence-electron chi connectivity index (χ1n) is 5.15. The van der Waals surface area contributed by atoms with Crippen molar-refractivity contribution in [2.24, 2.45) is 0 Å². The van der Waals surface area contributed by atoms with E-state index in [0.717, 1.165) is 0 Å². The fraction of sp³-hybridized carbons (Fsp3) is 0.636. The summed E-state index contributed by atoms with van der Waals surface area (Å²) < 4.78 is 0. The van der Waals surface area contributed by atoms with Crippen molar-refractivity contribution in [3.05, 3.63) is 22.9 Å². The molecule has 12 heavy (non-hydrogen) atoms. The predicted molar refractivity (Wildman–Crippen MR) is 59.2 cm³/mol. The molecule has 0 atom stereocenters. The molecular formula is C11H20Si. The van der Waals surface area contributed by atoms with Crippen LogP contribution in [0.3, 0.4) is 0 Å². The van der Waals surface area contributed by atoms with Gasteiger partial charge >= 0.3 is 0 Å². The van der Waals surface area contributed by atoms with Gasteiger partial charge in [-0.1, -0.05) is 49.4 Å². The standard InChI is InChI=1S/C11H20Si/c1-4-5-7-10-8-6-9-11(10)12(2)3/h8-9,12H,4-7H2,1-3H3.